The molecule has 2 heterocycles. The summed E-state index contributed by atoms with van der Waals surface area (Å²) in [5.74, 6) is -0.0189. The second-order valence-electron chi connectivity index (χ2n) is 5.11. The molecule has 2 aliphatic heterocycles. The van der Waals surface area contributed by atoms with Crippen molar-refractivity contribution in [3.05, 3.63) is 0 Å². The normalized spacial score (nSPS) is 27.8. The highest BCUT2D eigenvalue weighted by atomic mass is 16.5. The van der Waals surface area contributed by atoms with Crippen LogP contribution in [0.2, 0.25) is 0 Å². The molecule has 104 valence electrons. The minimum absolute atomic E-state index is 0.0189. The molecule has 18 heavy (non-hydrogen) atoms. The molecule has 1 atom stereocenters. The van der Waals surface area contributed by atoms with Gasteiger partial charge in [0.2, 0.25) is 5.91 Å². The van der Waals surface area contributed by atoms with Gasteiger partial charge < -0.3 is 24.8 Å². The second kappa shape index (κ2) is 5.97. The SMILES string of the molecule is CN(CC1(O)CCOCC1)C(=O)C1COCCN1. The summed E-state index contributed by atoms with van der Waals surface area (Å²) < 4.78 is 10.5. The Hall–Kier alpha value is -0.690. The Kier molecular flexibility index (Phi) is 4.55. The van der Waals surface area contributed by atoms with Crippen LogP contribution in [0.1, 0.15) is 12.8 Å². The van der Waals surface area contributed by atoms with Crippen molar-refractivity contribution in [3.63, 3.8) is 0 Å². The summed E-state index contributed by atoms with van der Waals surface area (Å²) in [5, 5.41) is 13.5. The Morgan fingerprint density at radius 2 is 2.11 bits per heavy atom. The average Bonchev–Trinajstić information content (AvgIpc) is 2.39. The highest BCUT2D eigenvalue weighted by Crippen LogP contribution is 2.21. The van der Waals surface area contributed by atoms with Crippen molar-refractivity contribution >= 4 is 5.91 Å². The Bertz CT molecular complexity index is 286. The van der Waals surface area contributed by atoms with Gasteiger partial charge in [-0.1, -0.05) is 0 Å². The quantitative estimate of drug-likeness (QED) is 0.678. The molecule has 6 nitrogen and oxygen atoms in total. The van der Waals surface area contributed by atoms with Crippen LogP contribution in [-0.4, -0.2) is 74.1 Å². The van der Waals surface area contributed by atoms with Crippen LogP contribution < -0.4 is 5.32 Å². The Morgan fingerprint density at radius 1 is 1.39 bits per heavy atom. The number of hydrogen-bond donors (Lipinski definition) is 2. The third kappa shape index (κ3) is 3.41. The highest BCUT2D eigenvalue weighted by Gasteiger charge is 2.34. The zero-order valence-corrected chi connectivity index (χ0v) is 10.9. The van der Waals surface area contributed by atoms with Crippen molar-refractivity contribution in [2.45, 2.75) is 24.5 Å². The van der Waals surface area contributed by atoms with Crippen molar-refractivity contribution in [1.29, 1.82) is 0 Å². The van der Waals surface area contributed by atoms with Crippen LogP contribution in [0.4, 0.5) is 0 Å². The van der Waals surface area contributed by atoms with Crippen molar-refractivity contribution in [3.8, 4) is 0 Å². The minimum Gasteiger partial charge on any atom is -0.388 e. The first kappa shape index (κ1) is 13.7. The highest BCUT2D eigenvalue weighted by molar-refractivity contribution is 5.82. The zero-order valence-electron chi connectivity index (χ0n) is 10.9. The number of nitrogens with zero attached hydrogens (tertiary/aromatic N) is 1. The number of ether oxygens (including phenoxy) is 2. The summed E-state index contributed by atoms with van der Waals surface area (Å²) in [4.78, 5) is 13.7. The number of hydrogen-bond acceptors (Lipinski definition) is 5. The lowest BCUT2D eigenvalue weighted by atomic mass is 9.93. The van der Waals surface area contributed by atoms with E-state index in [0.29, 0.717) is 52.4 Å². The smallest absolute Gasteiger partial charge is 0.241 e. The Morgan fingerprint density at radius 3 is 2.72 bits per heavy atom. The van der Waals surface area contributed by atoms with E-state index in [0.717, 1.165) is 0 Å². The summed E-state index contributed by atoms with van der Waals surface area (Å²) >= 11 is 0. The maximum Gasteiger partial charge on any atom is 0.241 e. The minimum atomic E-state index is -0.807. The Balaban J connectivity index is 1.85. The molecule has 2 saturated heterocycles. The Labute approximate surface area is 107 Å². The summed E-state index contributed by atoms with van der Waals surface area (Å²) in [6.45, 7) is 3.22. The van der Waals surface area contributed by atoms with Crippen molar-refractivity contribution < 1.29 is 19.4 Å². The van der Waals surface area contributed by atoms with Crippen LogP contribution in [0.25, 0.3) is 0 Å². The lowest BCUT2D eigenvalue weighted by Crippen LogP contribution is -2.55. The van der Waals surface area contributed by atoms with Crippen LogP contribution in [0.5, 0.6) is 0 Å². The largest absolute Gasteiger partial charge is 0.388 e. The molecule has 1 unspecified atom stereocenters. The summed E-state index contributed by atoms with van der Waals surface area (Å²) in [6.07, 6.45) is 1.17. The van der Waals surface area contributed by atoms with Gasteiger partial charge in [-0.05, 0) is 0 Å². The summed E-state index contributed by atoms with van der Waals surface area (Å²) in [6, 6.07) is -0.285. The molecule has 0 aromatic rings. The molecule has 0 aromatic carbocycles. The molecular weight excluding hydrogens is 236 g/mol. The van der Waals surface area contributed by atoms with Gasteiger partial charge in [0.1, 0.15) is 6.04 Å². The van der Waals surface area contributed by atoms with E-state index in [2.05, 4.69) is 5.32 Å². The van der Waals surface area contributed by atoms with E-state index in [1.165, 1.54) is 0 Å². The van der Waals surface area contributed by atoms with Gasteiger partial charge in [-0.25, -0.2) is 0 Å². The number of aliphatic hydroxyl groups is 1. The molecule has 0 aliphatic carbocycles. The van der Waals surface area contributed by atoms with Crippen molar-refractivity contribution in [2.24, 2.45) is 0 Å². The van der Waals surface area contributed by atoms with Crippen LogP contribution >= 0.6 is 0 Å². The van der Waals surface area contributed by atoms with E-state index in [-0.39, 0.29) is 11.9 Å². The van der Waals surface area contributed by atoms with E-state index in [1.54, 1.807) is 11.9 Å². The van der Waals surface area contributed by atoms with Crippen LogP contribution in [0, 0.1) is 0 Å². The van der Waals surface area contributed by atoms with E-state index < -0.39 is 5.60 Å². The van der Waals surface area contributed by atoms with Gasteiger partial charge in [0.05, 0.1) is 18.8 Å². The molecule has 2 rings (SSSR count). The third-order valence-electron chi connectivity index (χ3n) is 3.55. The maximum atomic E-state index is 12.2. The van der Waals surface area contributed by atoms with Crippen molar-refractivity contribution in [2.75, 3.05) is 46.6 Å². The van der Waals surface area contributed by atoms with Gasteiger partial charge in [0, 0.05) is 46.2 Å². The van der Waals surface area contributed by atoms with E-state index in [1.807, 2.05) is 0 Å². The fourth-order valence-corrected chi connectivity index (χ4v) is 2.42. The van der Waals surface area contributed by atoms with Gasteiger partial charge in [-0.15, -0.1) is 0 Å². The van der Waals surface area contributed by atoms with Crippen molar-refractivity contribution in [1.82, 2.24) is 10.2 Å². The van der Waals surface area contributed by atoms with E-state index >= 15 is 0 Å². The van der Waals surface area contributed by atoms with Gasteiger partial charge in [0.25, 0.3) is 0 Å². The lowest BCUT2D eigenvalue weighted by molar-refractivity contribution is -0.141. The summed E-state index contributed by atoms with van der Waals surface area (Å²) in [7, 11) is 1.73. The number of morpholine rings is 1. The fourth-order valence-electron chi connectivity index (χ4n) is 2.42. The molecule has 0 spiro atoms. The number of carbonyl (C=O) groups excluding carboxylic acids is 1. The summed E-state index contributed by atoms with van der Waals surface area (Å²) in [5.41, 5.74) is -0.807. The van der Waals surface area contributed by atoms with Crippen LogP contribution in [-0.2, 0) is 14.3 Å². The number of amides is 1. The monoisotopic (exact) mass is 258 g/mol. The predicted molar refractivity (Wildman–Crippen MR) is 65.2 cm³/mol. The van der Waals surface area contributed by atoms with E-state index in [9.17, 15) is 9.90 Å². The molecule has 0 bridgehead atoms. The number of likely N-dealkylation sites (N-methyl/N-ethyl adjacent to an activating group) is 1. The first-order chi connectivity index (χ1) is 8.61. The van der Waals surface area contributed by atoms with E-state index in [4.69, 9.17) is 9.47 Å². The molecule has 1 amide bonds. The standard InChI is InChI=1S/C12H22N2O4/c1-14(9-12(16)2-5-17-6-3-12)11(15)10-8-18-7-4-13-10/h10,13,16H,2-9H2,1H3. The average molecular weight is 258 g/mol. The molecule has 0 aromatic heterocycles. The van der Waals surface area contributed by atoms with Crippen LogP contribution in [0.15, 0.2) is 0 Å². The third-order valence-corrected chi connectivity index (χ3v) is 3.55. The van der Waals surface area contributed by atoms with Gasteiger partial charge in [-0.2, -0.15) is 0 Å². The number of nitrogens with one attached hydrogen (secondary N) is 1. The molecule has 2 fully saturated rings. The number of rotatable bonds is 3. The first-order valence-corrected chi connectivity index (χ1v) is 6.47. The van der Waals surface area contributed by atoms with Gasteiger partial charge in [-0.3, -0.25) is 4.79 Å². The second-order valence-corrected chi connectivity index (χ2v) is 5.11. The molecule has 2 N–H and O–H groups in total. The molecule has 0 radical (unpaired) electrons. The predicted octanol–water partition coefficient (Wildman–Crippen LogP) is -1.03. The molecule has 6 heteroatoms. The molecule has 0 saturated carbocycles. The fraction of sp³-hybridized carbons (Fsp3) is 0.917. The van der Waals surface area contributed by atoms with Gasteiger partial charge >= 0.3 is 0 Å². The first-order valence-electron chi connectivity index (χ1n) is 6.47. The lowest BCUT2D eigenvalue weighted by Gasteiger charge is -2.37. The van der Waals surface area contributed by atoms with Gasteiger partial charge in [0.15, 0.2) is 0 Å². The molecular formula is C12H22N2O4. The van der Waals surface area contributed by atoms with Crippen LogP contribution in [0.3, 0.4) is 0 Å². The number of carbonyl (C=O) groups is 1. The zero-order chi connectivity index (χ0) is 13.0. The topological polar surface area (TPSA) is 71.0 Å². The molecule has 2 aliphatic rings. The maximum absolute atomic E-state index is 12.2.